The van der Waals surface area contributed by atoms with Gasteiger partial charge in [0.15, 0.2) is 0 Å². The minimum Gasteiger partial charge on any atom is -0.480 e. The normalized spacial score (nSPS) is 30.5. The van der Waals surface area contributed by atoms with Crippen molar-refractivity contribution in [3.8, 4) is 0 Å². The predicted octanol–water partition coefficient (Wildman–Crippen LogP) is 0.942. The minimum atomic E-state index is -0.789. The third-order valence-electron chi connectivity index (χ3n) is 2.98. The molecule has 2 N–H and O–H groups in total. The summed E-state index contributed by atoms with van der Waals surface area (Å²) in [6.07, 6.45) is 1.62. The molecule has 1 heterocycles. The fraction of sp³-hybridized carbons (Fsp3) is 0.909. The van der Waals surface area contributed by atoms with Gasteiger partial charge in [0.05, 0.1) is 5.60 Å². The summed E-state index contributed by atoms with van der Waals surface area (Å²) in [4.78, 5) is 13.0. The molecule has 1 saturated heterocycles. The molecule has 0 amide bonds. The van der Waals surface area contributed by atoms with E-state index in [0.29, 0.717) is 6.54 Å². The number of aliphatic hydroxyl groups is 1. The van der Waals surface area contributed by atoms with Gasteiger partial charge in [-0.25, -0.2) is 0 Å². The van der Waals surface area contributed by atoms with Gasteiger partial charge in [0.1, 0.15) is 6.04 Å². The highest BCUT2D eigenvalue weighted by Crippen LogP contribution is 2.24. The molecule has 0 aromatic heterocycles. The van der Waals surface area contributed by atoms with Crippen molar-refractivity contribution >= 4 is 5.97 Å². The maximum Gasteiger partial charge on any atom is 0.321 e. The molecule has 0 saturated carbocycles. The van der Waals surface area contributed by atoms with Crippen LogP contribution in [-0.4, -0.2) is 45.8 Å². The molecule has 15 heavy (non-hydrogen) atoms. The smallest absolute Gasteiger partial charge is 0.321 e. The van der Waals surface area contributed by atoms with Crippen LogP contribution in [0, 0.1) is 5.92 Å². The molecule has 88 valence electrons. The van der Waals surface area contributed by atoms with Gasteiger partial charge in [0.2, 0.25) is 0 Å². The van der Waals surface area contributed by atoms with Gasteiger partial charge in [0, 0.05) is 6.54 Å². The number of nitrogens with zero attached hydrogens (tertiary/aromatic N) is 1. The third kappa shape index (κ3) is 3.18. The Hall–Kier alpha value is -0.610. The van der Waals surface area contributed by atoms with Gasteiger partial charge in [-0.05, 0) is 32.2 Å². The van der Waals surface area contributed by atoms with Gasteiger partial charge in [-0.15, -0.1) is 0 Å². The van der Waals surface area contributed by atoms with Crippen LogP contribution in [0.4, 0.5) is 0 Å². The monoisotopic (exact) mass is 215 g/mol. The van der Waals surface area contributed by atoms with E-state index in [1.54, 1.807) is 6.92 Å². The van der Waals surface area contributed by atoms with Gasteiger partial charge in [-0.2, -0.15) is 0 Å². The Balaban J connectivity index is 2.72. The van der Waals surface area contributed by atoms with Crippen LogP contribution in [0.2, 0.25) is 0 Å². The van der Waals surface area contributed by atoms with E-state index in [-0.39, 0.29) is 5.92 Å². The van der Waals surface area contributed by atoms with Crippen LogP contribution in [0.3, 0.4) is 0 Å². The molecule has 1 rings (SSSR count). The van der Waals surface area contributed by atoms with Crippen molar-refractivity contribution < 1.29 is 15.0 Å². The van der Waals surface area contributed by atoms with Crippen molar-refractivity contribution in [2.75, 3.05) is 13.1 Å². The number of carboxylic acid groups (broad SMARTS) is 1. The minimum absolute atomic E-state index is 0.0661. The Morgan fingerprint density at radius 1 is 1.47 bits per heavy atom. The molecule has 0 aliphatic carbocycles. The topological polar surface area (TPSA) is 60.8 Å². The van der Waals surface area contributed by atoms with Crippen molar-refractivity contribution in [3.05, 3.63) is 0 Å². The van der Waals surface area contributed by atoms with Crippen LogP contribution in [0.5, 0.6) is 0 Å². The van der Waals surface area contributed by atoms with Crippen LogP contribution < -0.4 is 0 Å². The molecule has 0 bridgehead atoms. The number of rotatable bonds is 3. The number of piperidine rings is 1. The standard InChI is InChI=1S/C11H21NO3/c1-8(2)9(10(13)14)12-6-4-5-11(3,15)7-12/h8-9,15H,4-7H2,1-3H3,(H,13,14). The van der Waals surface area contributed by atoms with Crippen LogP contribution in [0.15, 0.2) is 0 Å². The second-order valence-corrected chi connectivity index (χ2v) is 5.10. The summed E-state index contributed by atoms with van der Waals surface area (Å²) in [5.74, 6) is -0.723. The summed E-state index contributed by atoms with van der Waals surface area (Å²) in [7, 11) is 0. The van der Waals surface area contributed by atoms with Gasteiger partial charge < -0.3 is 10.2 Å². The zero-order chi connectivity index (χ0) is 11.6. The van der Waals surface area contributed by atoms with E-state index >= 15 is 0 Å². The SMILES string of the molecule is CC(C)C(C(=O)O)N1CCCC(C)(O)C1. The molecule has 1 aliphatic heterocycles. The highest BCUT2D eigenvalue weighted by Gasteiger charge is 2.36. The first kappa shape index (κ1) is 12.5. The molecule has 1 aliphatic rings. The fourth-order valence-corrected chi connectivity index (χ4v) is 2.36. The van der Waals surface area contributed by atoms with Gasteiger partial charge in [-0.3, -0.25) is 9.69 Å². The van der Waals surface area contributed by atoms with E-state index in [1.165, 1.54) is 0 Å². The Labute approximate surface area is 90.9 Å². The first-order valence-electron chi connectivity index (χ1n) is 5.53. The quantitative estimate of drug-likeness (QED) is 0.735. The molecule has 0 aromatic carbocycles. The third-order valence-corrected chi connectivity index (χ3v) is 2.98. The maximum absolute atomic E-state index is 11.1. The van der Waals surface area contributed by atoms with E-state index in [0.717, 1.165) is 19.4 Å². The molecule has 0 spiro atoms. The lowest BCUT2D eigenvalue weighted by Gasteiger charge is -2.41. The van der Waals surface area contributed by atoms with Crippen molar-refractivity contribution in [1.29, 1.82) is 0 Å². The summed E-state index contributed by atoms with van der Waals surface area (Å²) in [5, 5.41) is 19.1. The second-order valence-electron chi connectivity index (χ2n) is 5.10. The van der Waals surface area contributed by atoms with E-state index in [4.69, 9.17) is 5.11 Å². The zero-order valence-corrected chi connectivity index (χ0v) is 9.73. The summed E-state index contributed by atoms with van der Waals surface area (Å²) < 4.78 is 0. The molecular formula is C11H21NO3. The molecule has 0 radical (unpaired) electrons. The van der Waals surface area contributed by atoms with E-state index in [1.807, 2.05) is 18.7 Å². The first-order chi connectivity index (χ1) is 6.83. The van der Waals surface area contributed by atoms with Crippen molar-refractivity contribution in [1.82, 2.24) is 4.90 Å². The number of β-amino-alcohol motifs (C(OH)–C–C–N with tert-alkyl or cyclic N) is 1. The van der Waals surface area contributed by atoms with Crippen molar-refractivity contribution in [2.24, 2.45) is 5.92 Å². The molecule has 1 fully saturated rings. The highest BCUT2D eigenvalue weighted by molar-refractivity contribution is 5.73. The van der Waals surface area contributed by atoms with Gasteiger partial charge in [-0.1, -0.05) is 13.8 Å². The van der Waals surface area contributed by atoms with E-state index in [2.05, 4.69) is 0 Å². The van der Waals surface area contributed by atoms with Crippen LogP contribution in [-0.2, 0) is 4.79 Å². The number of hydrogen-bond acceptors (Lipinski definition) is 3. The number of carbonyl (C=O) groups is 1. The maximum atomic E-state index is 11.1. The average molecular weight is 215 g/mol. The van der Waals surface area contributed by atoms with Gasteiger partial charge >= 0.3 is 5.97 Å². The number of hydrogen-bond donors (Lipinski definition) is 2. The molecule has 2 atom stereocenters. The van der Waals surface area contributed by atoms with Gasteiger partial charge in [0.25, 0.3) is 0 Å². The lowest BCUT2D eigenvalue weighted by Crippen LogP contribution is -2.54. The molecular weight excluding hydrogens is 194 g/mol. The molecule has 4 heteroatoms. The summed E-state index contributed by atoms with van der Waals surface area (Å²) in [6, 6.07) is -0.475. The lowest BCUT2D eigenvalue weighted by atomic mass is 9.91. The number of aliphatic carboxylic acids is 1. The molecule has 4 nitrogen and oxygen atoms in total. The van der Waals surface area contributed by atoms with Crippen LogP contribution in [0.25, 0.3) is 0 Å². The Kier molecular flexibility index (Phi) is 3.73. The molecule has 2 unspecified atom stereocenters. The lowest BCUT2D eigenvalue weighted by molar-refractivity contribution is -0.148. The summed E-state index contributed by atoms with van der Waals surface area (Å²) in [6.45, 7) is 6.82. The highest BCUT2D eigenvalue weighted by atomic mass is 16.4. The average Bonchev–Trinajstić information content (AvgIpc) is 1.99. The van der Waals surface area contributed by atoms with E-state index < -0.39 is 17.6 Å². The predicted molar refractivity (Wildman–Crippen MR) is 57.7 cm³/mol. The second kappa shape index (κ2) is 4.49. The first-order valence-corrected chi connectivity index (χ1v) is 5.53. The van der Waals surface area contributed by atoms with E-state index in [9.17, 15) is 9.90 Å². The Morgan fingerprint density at radius 2 is 2.07 bits per heavy atom. The van der Waals surface area contributed by atoms with Crippen LogP contribution >= 0.6 is 0 Å². The molecule has 0 aromatic rings. The Morgan fingerprint density at radius 3 is 2.47 bits per heavy atom. The summed E-state index contributed by atoms with van der Waals surface area (Å²) in [5.41, 5.74) is -0.735. The number of carboxylic acids is 1. The largest absolute Gasteiger partial charge is 0.480 e. The summed E-state index contributed by atoms with van der Waals surface area (Å²) >= 11 is 0. The zero-order valence-electron chi connectivity index (χ0n) is 9.73. The van der Waals surface area contributed by atoms with Crippen LogP contribution in [0.1, 0.15) is 33.6 Å². The fourth-order valence-electron chi connectivity index (χ4n) is 2.36. The van der Waals surface area contributed by atoms with Crippen molar-refractivity contribution in [2.45, 2.75) is 45.3 Å². The van der Waals surface area contributed by atoms with Crippen molar-refractivity contribution in [3.63, 3.8) is 0 Å². The number of likely N-dealkylation sites (tertiary alicyclic amines) is 1. The Bertz CT molecular complexity index is 238.